The van der Waals surface area contributed by atoms with Gasteiger partial charge in [0, 0.05) is 19.1 Å². The Morgan fingerprint density at radius 1 is 1.33 bits per heavy atom. The quantitative estimate of drug-likeness (QED) is 0.873. The number of hydrogen-bond donors (Lipinski definition) is 1. The van der Waals surface area contributed by atoms with Crippen molar-refractivity contribution in [2.45, 2.75) is 46.1 Å². The number of rotatable bonds is 6. The Morgan fingerprint density at radius 2 is 2.05 bits per heavy atom. The summed E-state index contributed by atoms with van der Waals surface area (Å²) in [7, 11) is 0. The topological polar surface area (TPSA) is 32.3 Å². The van der Waals surface area contributed by atoms with E-state index in [9.17, 15) is 4.79 Å². The summed E-state index contributed by atoms with van der Waals surface area (Å²) < 4.78 is 0. The first kappa shape index (κ1) is 16.0. The second-order valence-electron chi connectivity index (χ2n) is 6.65. The Morgan fingerprint density at radius 3 is 2.62 bits per heavy atom. The van der Waals surface area contributed by atoms with Gasteiger partial charge in [0.25, 0.3) is 0 Å². The number of nitrogens with one attached hydrogen (secondary N) is 1. The number of aryl methyl sites for hydroxylation is 1. The van der Waals surface area contributed by atoms with Gasteiger partial charge in [0.15, 0.2) is 0 Å². The molecule has 0 aliphatic carbocycles. The van der Waals surface area contributed by atoms with Crippen LogP contribution in [0.15, 0.2) is 24.3 Å². The number of carbonyl (C=O) groups is 1. The third-order valence-corrected chi connectivity index (χ3v) is 4.02. The molecular weight excluding hydrogens is 260 g/mol. The molecule has 0 radical (unpaired) electrons. The molecule has 1 aliphatic rings. The summed E-state index contributed by atoms with van der Waals surface area (Å²) in [5.41, 5.74) is 2.35. The summed E-state index contributed by atoms with van der Waals surface area (Å²) >= 11 is 0. The molecule has 0 saturated carbocycles. The van der Waals surface area contributed by atoms with Crippen LogP contribution in [0.25, 0.3) is 0 Å². The van der Waals surface area contributed by atoms with Crippen LogP contribution in [0.2, 0.25) is 0 Å². The summed E-state index contributed by atoms with van der Waals surface area (Å²) in [5, 5.41) is 3.49. The molecule has 1 heterocycles. The SMILES string of the molecule is Cc1ccc(CC(=O)N(CC(C)C)CC2CCCN2)cc1. The zero-order chi connectivity index (χ0) is 15.2. The summed E-state index contributed by atoms with van der Waals surface area (Å²) in [5.74, 6) is 0.759. The Bertz CT molecular complexity index is 447. The Hall–Kier alpha value is -1.35. The van der Waals surface area contributed by atoms with Gasteiger partial charge >= 0.3 is 0 Å². The number of benzene rings is 1. The van der Waals surface area contributed by atoms with E-state index in [1.54, 1.807) is 0 Å². The van der Waals surface area contributed by atoms with Crippen LogP contribution in [0.4, 0.5) is 0 Å². The highest BCUT2D eigenvalue weighted by atomic mass is 16.2. The van der Waals surface area contributed by atoms with E-state index in [1.807, 2.05) is 4.90 Å². The van der Waals surface area contributed by atoms with Crippen LogP contribution in [0.1, 0.15) is 37.8 Å². The first-order valence-corrected chi connectivity index (χ1v) is 8.11. The highest BCUT2D eigenvalue weighted by molar-refractivity contribution is 5.78. The second kappa shape index (κ2) is 7.60. The molecule has 1 aliphatic heterocycles. The Balaban J connectivity index is 1.97. The van der Waals surface area contributed by atoms with Gasteiger partial charge in [-0.15, -0.1) is 0 Å². The van der Waals surface area contributed by atoms with Crippen LogP contribution in [0.3, 0.4) is 0 Å². The van der Waals surface area contributed by atoms with Crippen LogP contribution >= 0.6 is 0 Å². The van der Waals surface area contributed by atoms with Crippen LogP contribution in [-0.4, -0.2) is 36.5 Å². The van der Waals surface area contributed by atoms with E-state index in [0.29, 0.717) is 18.4 Å². The molecule has 0 spiro atoms. The van der Waals surface area contributed by atoms with Crippen molar-refractivity contribution in [3.63, 3.8) is 0 Å². The molecule has 2 rings (SSSR count). The van der Waals surface area contributed by atoms with Gasteiger partial charge in [-0.05, 0) is 37.8 Å². The number of nitrogens with zero attached hydrogens (tertiary/aromatic N) is 1. The fourth-order valence-corrected chi connectivity index (χ4v) is 2.89. The van der Waals surface area contributed by atoms with Gasteiger partial charge in [0.1, 0.15) is 0 Å². The van der Waals surface area contributed by atoms with Crippen molar-refractivity contribution in [3.8, 4) is 0 Å². The van der Waals surface area contributed by atoms with Gasteiger partial charge in [-0.1, -0.05) is 43.7 Å². The molecule has 3 nitrogen and oxygen atoms in total. The number of amides is 1. The predicted molar refractivity (Wildman–Crippen MR) is 87.3 cm³/mol. The third-order valence-electron chi connectivity index (χ3n) is 4.02. The van der Waals surface area contributed by atoms with E-state index in [0.717, 1.165) is 25.2 Å². The normalized spacial score (nSPS) is 18.2. The fraction of sp³-hybridized carbons (Fsp3) is 0.611. The summed E-state index contributed by atoms with van der Waals surface area (Å²) in [6, 6.07) is 8.76. The maximum Gasteiger partial charge on any atom is 0.227 e. The first-order chi connectivity index (χ1) is 10.0. The molecule has 1 aromatic carbocycles. The zero-order valence-electron chi connectivity index (χ0n) is 13.6. The van der Waals surface area contributed by atoms with Gasteiger partial charge in [-0.2, -0.15) is 0 Å². The fourth-order valence-electron chi connectivity index (χ4n) is 2.89. The van der Waals surface area contributed by atoms with Gasteiger partial charge in [-0.3, -0.25) is 4.79 Å². The molecule has 0 bridgehead atoms. The molecule has 3 heteroatoms. The third kappa shape index (κ3) is 5.16. The molecule has 21 heavy (non-hydrogen) atoms. The minimum absolute atomic E-state index is 0.251. The van der Waals surface area contributed by atoms with Crippen LogP contribution < -0.4 is 5.32 Å². The van der Waals surface area contributed by atoms with Gasteiger partial charge in [0.05, 0.1) is 6.42 Å². The lowest BCUT2D eigenvalue weighted by Crippen LogP contribution is -2.43. The van der Waals surface area contributed by atoms with E-state index in [-0.39, 0.29) is 5.91 Å². The monoisotopic (exact) mass is 288 g/mol. The lowest BCUT2D eigenvalue weighted by Gasteiger charge is -2.27. The molecule has 1 aromatic rings. The van der Waals surface area contributed by atoms with Crippen molar-refractivity contribution in [2.24, 2.45) is 5.92 Å². The van der Waals surface area contributed by atoms with Crippen molar-refractivity contribution in [1.29, 1.82) is 0 Å². The lowest BCUT2D eigenvalue weighted by molar-refractivity contribution is -0.131. The molecule has 0 aromatic heterocycles. The average molecular weight is 288 g/mol. The maximum absolute atomic E-state index is 12.6. The van der Waals surface area contributed by atoms with Crippen LogP contribution in [0.5, 0.6) is 0 Å². The molecule has 1 amide bonds. The number of hydrogen-bond acceptors (Lipinski definition) is 2. The van der Waals surface area contributed by atoms with E-state index in [2.05, 4.69) is 50.4 Å². The number of carbonyl (C=O) groups excluding carboxylic acids is 1. The highest BCUT2D eigenvalue weighted by Crippen LogP contribution is 2.12. The summed E-state index contributed by atoms with van der Waals surface area (Å²) in [6.07, 6.45) is 2.93. The molecule has 116 valence electrons. The van der Waals surface area contributed by atoms with Gasteiger partial charge in [-0.25, -0.2) is 0 Å². The van der Waals surface area contributed by atoms with Crippen molar-refractivity contribution in [3.05, 3.63) is 35.4 Å². The Kier molecular flexibility index (Phi) is 5.80. The Labute approximate surface area is 128 Å². The van der Waals surface area contributed by atoms with Gasteiger partial charge in [0.2, 0.25) is 5.91 Å². The smallest absolute Gasteiger partial charge is 0.227 e. The van der Waals surface area contributed by atoms with Crippen molar-refractivity contribution in [1.82, 2.24) is 10.2 Å². The zero-order valence-corrected chi connectivity index (χ0v) is 13.6. The predicted octanol–water partition coefficient (Wildman–Crippen LogP) is 2.77. The van der Waals surface area contributed by atoms with E-state index in [4.69, 9.17) is 0 Å². The largest absolute Gasteiger partial charge is 0.341 e. The summed E-state index contributed by atoms with van der Waals surface area (Å²) in [6.45, 7) is 9.21. The lowest BCUT2D eigenvalue weighted by atomic mass is 10.1. The van der Waals surface area contributed by atoms with E-state index < -0.39 is 0 Å². The molecule has 1 atom stereocenters. The molecule has 1 saturated heterocycles. The average Bonchev–Trinajstić information content (AvgIpc) is 2.93. The van der Waals surface area contributed by atoms with E-state index >= 15 is 0 Å². The minimum Gasteiger partial charge on any atom is -0.341 e. The summed E-state index contributed by atoms with van der Waals surface area (Å²) in [4.78, 5) is 14.7. The minimum atomic E-state index is 0.251. The standard InChI is InChI=1S/C18H28N2O/c1-14(2)12-20(13-17-5-4-10-19-17)18(21)11-16-8-6-15(3)7-9-16/h6-9,14,17,19H,4-5,10-13H2,1-3H3. The van der Waals surface area contributed by atoms with Crippen LogP contribution in [0, 0.1) is 12.8 Å². The molecular formula is C18H28N2O. The van der Waals surface area contributed by atoms with Gasteiger partial charge < -0.3 is 10.2 Å². The van der Waals surface area contributed by atoms with Crippen molar-refractivity contribution < 1.29 is 4.79 Å². The molecule has 1 unspecified atom stereocenters. The molecule has 1 N–H and O–H groups in total. The van der Waals surface area contributed by atoms with Crippen molar-refractivity contribution in [2.75, 3.05) is 19.6 Å². The second-order valence-corrected chi connectivity index (χ2v) is 6.65. The van der Waals surface area contributed by atoms with E-state index in [1.165, 1.54) is 18.4 Å². The highest BCUT2D eigenvalue weighted by Gasteiger charge is 2.22. The molecule has 1 fully saturated rings. The first-order valence-electron chi connectivity index (χ1n) is 8.11. The van der Waals surface area contributed by atoms with Crippen molar-refractivity contribution >= 4 is 5.91 Å². The maximum atomic E-state index is 12.6. The van der Waals surface area contributed by atoms with Crippen LogP contribution in [-0.2, 0) is 11.2 Å².